The van der Waals surface area contributed by atoms with Gasteiger partial charge in [0.1, 0.15) is 11.3 Å². The van der Waals surface area contributed by atoms with Gasteiger partial charge in [-0.1, -0.05) is 18.5 Å². The Kier molecular flexibility index (Phi) is 1.96. The largest absolute Gasteiger partial charge is 0.299 e. The Bertz CT molecular complexity index is 447. The molecule has 0 saturated carbocycles. The summed E-state index contributed by atoms with van der Waals surface area (Å²) >= 11 is 5.96. The number of hydrogen-bond donors (Lipinski definition) is 0. The van der Waals surface area contributed by atoms with E-state index in [2.05, 4.69) is 16.9 Å². The van der Waals surface area contributed by atoms with E-state index < -0.39 is 0 Å². The molecule has 3 nitrogen and oxygen atoms in total. The van der Waals surface area contributed by atoms with Crippen molar-refractivity contribution in [3.05, 3.63) is 29.1 Å². The maximum absolute atomic E-state index is 5.96. The Labute approximate surface area is 81.4 Å². The second-order valence-corrected chi connectivity index (χ2v) is 3.26. The molecule has 0 aliphatic rings. The van der Waals surface area contributed by atoms with Crippen molar-refractivity contribution in [3.63, 3.8) is 0 Å². The fraction of sp³-hybridized carbons (Fsp3) is 0.333. The minimum Gasteiger partial charge on any atom is -0.299 e. The molecule has 4 heteroatoms. The molecule has 0 bridgehead atoms. The highest BCUT2D eigenvalue weighted by Gasteiger charge is 2.09. The standard InChI is InChI=1S/C9H10ClN3/c1-3-7-12-6(2)8-9(10)11-4-5-13(7)8/h4-5H,3H2,1-2H3. The lowest BCUT2D eigenvalue weighted by Crippen LogP contribution is -1.92. The van der Waals surface area contributed by atoms with E-state index in [9.17, 15) is 0 Å². The first-order chi connectivity index (χ1) is 6.24. The van der Waals surface area contributed by atoms with Crippen molar-refractivity contribution in [1.29, 1.82) is 0 Å². The molecule has 0 amide bonds. The third-order valence-corrected chi connectivity index (χ3v) is 2.35. The predicted molar refractivity (Wildman–Crippen MR) is 52.1 cm³/mol. The van der Waals surface area contributed by atoms with Crippen LogP contribution in [0.1, 0.15) is 18.4 Å². The number of rotatable bonds is 1. The zero-order chi connectivity index (χ0) is 9.42. The molecule has 0 saturated heterocycles. The van der Waals surface area contributed by atoms with Gasteiger partial charge in [-0.3, -0.25) is 4.40 Å². The summed E-state index contributed by atoms with van der Waals surface area (Å²) in [5.41, 5.74) is 1.86. The summed E-state index contributed by atoms with van der Waals surface area (Å²) < 4.78 is 1.99. The molecule has 0 unspecified atom stereocenters. The zero-order valence-corrected chi connectivity index (χ0v) is 8.34. The number of nitrogens with zero attached hydrogens (tertiary/aromatic N) is 3. The summed E-state index contributed by atoms with van der Waals surface area (Å²) in [6, 6.07) is 0. The molecule has 2 rings (SSSR count). The Balaban J connectivity index is 2.87. The fourth-order valence-electron chi connectivity index (χ4n) is 1.49. The highest BCUT2D eigenvalue weighted by molar-refractivity contribution is 6.32. The highest BCUT2D eigenvalue weighted by atomic mass is 35.5. The van der Waals surface area contributed by atoms with Gasteiger partial charge in [-0.05, 0) is 6.92 Å². The van der Waals surface area contributed by atoms with E-state index in [0.29, 0.717) is 5.15 Å². The minimum absolute atomic E-state index is 0.521. The average Bonchev–Trinajstić information content (AvgIpc) is 2.44. The minimum atomic E-state index is 0.521. The Morgan fingerprint density at radius 3 is 3.00 bits per heavy atom. The smallest absolute Gasteiger partial charge is 0.154 e. The van der Waals surface area contributed by atoms with E-state index in [1.807, 2.05) is 17.5 Å². The van der Waals surface area contributed by atoms with Gasteiger partial charge < -0.3 is 0 Å². The molecule has 2 aromatic heterocycles. The number of halogens is 1. The monoisotopic (exact) mass is 195 g/mol. The SMILES string of the molecule is CCc1nc(C)c2c(Cl)nccn12. The van der Waals surface area contributed by atoms with Crippen LogP contribution in [0.4, 0.5) is 0 Å². The molecular weight excluding hydrogens is 186 g/mol. The van der Waals surface area contributed by atoms with Gasteiger partial charge in [0.15, 0.2) is 5.15 Å². The molecule has 0 aromatic carbocycles. The topological polar surface area (TPSA) is 30.2 Å². The lowest BCUT2D eigenvalue weighted by molar-refractivity contribution is 0.923. The van der Waals surface area contributed by atoms with Crippen LogP contribution in [0.2, 0.25) is 5.15 Å². The predicted octanol–water partition coefficient (Wildman–Crippen LogP) is 2.25. The second-order valence-electron chi connectivity index (χ2n) is 2.90. The Morgan fingerprint density at radius 2 is 2.31 bits per heavy atom. The molecular formula is C9H10ClN3. The van der Waals surface area contributed by atoms with Crippen LogP contribution >= 0.6 is 11.6 Å². The van der Waals surface area contributed by atoms with Crippen LogP contribution in [-0.4, -0.2) is 14.4 Å². The first-order valence-corrected chi connectivity index (χ1v) is 4.60. The number of imidazole rings is 1. The van der Waals surface area contributed by atoms with Crippen molar-refractivity contribution in [2.24, 2.45) is 0 Å². The molecule has 68 valence electrons. The molecule has 0 N–H and O–H groups in total. The number of fused-ring (bicyclic) bond motifs is 1. The van der Waals surface area contributed by atoms with Gasteiger partial charge in [0.25, 0.3) is 0 Å². The van der Waals surface area contributed by atoms with E-state index in [1.165, 1.54) is 0 Å². The van der Waals surface area contributed by atoms with Crippen LogP contribution in [0.3, 0.4) is 0 Å². The second kappa shape index (κ2) is 3.00. The normalized spacial score (nSPS) is 11.0. The lowest BCUT2D eigenvalue weighted by Gasteiger charge is -1.97. The highest BCUT2D eigenvalue weighted by Crippen LogP contribution is 2.19. The maximum Gasteiger partial charge on any atom is 0.154 e. The Hall–Kier alpha value is -1.09. The van der Waals surface area contributed by atoms with E-state index in [0.717, 1.165) is 23.5 Å². The first kappa shape index (κ1) is 8.51. The summed E-state index contributed by atoms with van der Waals surface area (Å²) in [5.74, 6) is 1.02. The van der Waals surface area contributed by atoms with Crippen LogP contribution in [0.5, 0.6) is 0 Å². The molecule has 0 atom stereocenters. The molecule has 0 fully saturated rings. The van der Waals surface area contributed by atoms with E-state index in [1.54, 1.807) is 6.20 Å². The van der Waals surface area contributed by atoms with Gasteiger partial charge in [0.2, 0.25) is 0 Å². The van der Waals surface area contributed by atoms with Crippen molar-refractivity contribution in [2.75, 3.05) is 0 Å². The van der Waals surface area contributed by atoms with Gasteiger partial charge in [0.05, 0.1) is 5.69 Å². The summed E-state index contributed by atoms with van der Waals surface area (Å²) in [6.45, 7) is 4.02. The Morgan fingerprint density at radius 1 is 1.54 bits per heavy atom. The first-order valence-electron chi connectivity index (χ1n) is 4.22. The third-order valence-electron chi connectivity index (χ3n) is 2.07. The zero-order valence-electron chi connectivity index (χ0n) is 7.58. The van der Waals surface area contributed by atoms with Crippen LogP contribution in [0.15, 0.2) is 12.4 Å². The van der Waals surface area contributed by atoms with Crippen LogP contribution in [0.25, 0.3) is 5.52 Å². The van der Waals surface area contributed by atoms with Crippen molar-refractivity contribution in [2.45, 2.75) is 20.3 Å². The molecule has 0 aliphatic heterocycles. The quantitative estimate of drug-likeness (QED) is 0.699. The van der Waals surface area contributed by atoms with Crippen LogP contribution in [-0.2, 0) is 6.42 Å². The number of hydrogen-bond acceptors (Lipinski definition) is 2. The van der Waals surface area contributed by atoms with E-state index >= 15 is 0 Å². The van der Waals surface area contributed by atoms with E-state index in [-0.39, 0.29) is 0 Å². The third kappa shape index (κ3) is 1.20. The molecule has 2 aromatic rings. The summed E-state index contributed by atoms with van der Waals surface area (Å²) in [5, 5.41) is 0.521. The molecule has 0 radical (unpaired) electrons. The van der Waals surface area contributed by atoms with Crippen molar-refractivity contribution in [3.8, 4) is 0 Å². The van der Waals surface area contributed by atoms with Crippen LogP contribution < -0.4 is 0 Å². The number of aromatic nitrogens is 3. The maximum atomic E-state index is 5.96. The van der Waals surface area contributed by atoms with Crippen molar-refractivity contribution in [1.82, 2.24) is 14.4 Å². The number of aryl methyl sites for hydroxylation is 2. The summed E-state index contributed by atoms with van der Waals surface area (Å²) in [7, 11) is 0. The summed E-state index contributed by atoms with van der Waals surface area (Å²) in [6.07, 6.45) is 4.48. The van der Waals surface area contributed by atoms with Crippen molar-refractivity contribution >= 4 is 17.1 Å². The summed E-state index contributed by atoms with van der Waals surface area (Å²) in [4.78, 5) is 8.43. The molecule has 13 heavy (non-hydrogen) atoms. The van der Waals surface area contributed by atoms with Gasteiger partial charge in [-0.2, -0.15) is 0 Å². The van der Waals surface area contributed by atoms with Gasteiger partial charge in [-0.15, -0.1) is 0 Å². The van der Waals surface area contributed by atoms with Gasteiger partial charge in [-0.25, -0.2) is 9.97 Å². The van der Waals surface area contributed by atoms with E-state index in [4.69, 9.17) is 11.6 Å². The molecule has 2 heterocycles. The van der Waals surface area contributed by atoms with Crippen molar-refractivity contribution < 1.29 is 0 Å². The van der Waals surface area contributed by atoms with Gasteiger partial charge in [0, 0.05) is 18.8 Å². The lowest BCUT2D eigenvalue weighted by atomic mass is 10.4. The van der Waals surface area contributed by atoms with Gasteiger partial charge >= 0.3 is 0 Å². The fourth-order valence-corrected chi connectivity index (χ4v) is 1.77. The average molecular weight is 196 g/mol. The molecule has 0 aliphatic carbocycles. The van der Waals surface area contributed by atoms with Crippen LogP contribution in [0, 0.1) is 6.92 Å². The molecule has 0 spiro atoms.